The molecule has 3 saturated heterocycles. The zero-order valence-electron chi connectivity index (χ0n) is 10.0. The van der Waals surface area contributed by atoms with Crippen LogP contribution in [0.3, 0.4) is 0 Å². The first kappa shape index (κ1) is 11.0. The topological polar surface area (TPSA) is 61.8 Å². The molecule has 3 aliphatic rings. The molecule has 3 fully saturated rings. The summed E-state index contributed by atoms with van der Waals surface area (Å²) >= 11 is 0. The van der Waals surface area contributed by atoms with Crippen molar-refractivity contribution in [2.45, 2.75) is 38.4 Å². The number of ether oxygens (including phenoxy) is 3. The van der Waals surface area contributed by atoms with Crippen molar-refractivity contribution in [2.75, 3.05) is 13.2 Å². The van der Waals surface area contributed by atoms with Gasteiger partial charge in [0.25, 0.3) is 0 Å². The third-order valence-electron chi connectivity index (χ3n) is 4.67. The van der Waals surface area contributed by atoms with E-state index >= 15 is 0 Å². The Morgan fingerprint density at radius 1 is 1.59 bits per heavy atom. The molecule has 4 atom stereocenters. The van der Waals surface area contributed by atoms with E-state index in [2.05, 4.69) is 0 Å². The molecule has 0 N–H and O–H groups in total. The molecule has 0 unspecified atom stereocenters. The number of rotatable bonds is 2. The molecule has 3 rings (SSSR count). The Morgan fingerprint density at radius 2 is 2.35 bits per heavy atom. The van der Waals surface area contributed by atoms with Crippen LogP contribution in [0.2, 0.25) is 0 Å². The summed E-state index contributed by atoms with van der Waals surface area (Å²) in [7, 11) is 0. The molecule has 0 aromatic carbocycles. The van der Waals surface area contributed by atoms with Gasteiger partial charge in [-0.1, -0.05) is 0 Å². The Balaban J connectivity index is 1.92. The maximum Gasteiger partial charge on any atom is 0.315 e. The molecule has 17 heavy (non-hydrogen) atoms. The first-order chi connectivity index (χ1) is 7.99. The molecule has 3 aliphatic heterocycles. The van der Waals surface area contributed by atoms with Gasteiger partial charge in [-0.15, -0.1) is 0 Å². The van der Waals surface area contributed by atoms with Gasteiger partial charge < -0.3 is 14.2 Å². The van der Waals surface area contributed by atoms with Crippen molar-refractivity contribution in [3.63, 3.8) is 0 Å². The summed E-state index contributed by atoms with van der Waals surface area (Å²) in [6.07, 6.45) is 1.74. The zero-order chi connectivity index (χ0) is 12.3. The van der Waals surface area contributed by atoms with Crippen molar-refractivity contribution in [3.8, 4) is 0 Å². The average Bonchev–Trinajstić information content (AvgIpc) is 2.88. The van der Waals surface area contributed by atoms with Crippen molar-refractivity contribution in [1.29, 1.82) is 0 Å². The van der Waals surface area contributed by atoms with Crippen LogP contribution < -0.4 is 0 Å². The molecule has 5 nitrogen and oxygen atoms in total. The molecule has 0 aromatic heterocycles. The van der Waals surface area contributed by atoms with Crippen molar-refractivity contribution in [1.82, 2.24) is 0 Å². The van der Waals surface area contributed by atoms with Crippen molar-refractivity contribution >= 4 is 11.9 Å². The second-order valence-corrected chi connectivity index (χ2v) is 5.38. The van der Waals surface area contributed by atoms with E-state index in [1.54, 1.807) is 0 Å². The SMILES string of the molecule is CC(=O)OC[C@@]12CC[C@@H](O1)[C@H]1COC(=O)[C@]12C. The number of esters is 2. The van der Waals surface area contributed by atoms with Gasteiger partial charge in [-0.25, -0.2) is 0 Å². The normalized spacial score (nSPS) is 46.8. The second kappa shape index (κ2) is 3.22. The Kier molecular flexibility index (Phi) is 2.09. The summed E-state index contributed by atoms with van der Waals surface area (Å²) in [5.74, 6) is -0.444. The molecule has 0 saturated carbocycles. The molecule has 0 aromatic rings. The van der Waals surface area contributed by atoms with E-state index in [1.165, 1.54) is 6.92 Å². The van der Waals surface area contributed by atoms with Crippen LogP contribution in [-0.2, 0) is 23.8 Å². The summed E-state index contributed by atoms with van der Waals surface area (Å²) in [5.41, 5.74) is -1.31. The fraction of sp³-hybridized carbons (Fsp3) is 0.833. The van der Waals surface area contributed by atoms with Gasteiger partial charge in [0.2, 0.25) is 0 Å². The Bertz CT molecular complexity index is 392. The third kappa shape index (κ3) is 1.18. The van der Waals surface area contributed by atoms with Crippen LogP contribution in [0.4, 0.5) is 0 Å². The summed E-state index contributed by atoms with van der Waals surface area (Å²) < 4.78 is 16.2. The Labute approximate surface area is 99.4 Å². The first-order valence-electron chi connectivity index (χ1n) is 5.98. The maximum absolute atomic E-state index is 12.0. The molecule has 5 heteroatoms. The van der Waals surface area contributed by atoms with Crippen LogP contribution in [0.1, 0.15) is 26.7 Å². The predicted molar refractivity (Wildman–Crippen MR) is 56.0 cm³/mol. The van der Waals surface area contributed by atoms with Gasteiger partial charge in [0.1, 0.15) is 17.6 Å². The zero-order valence-corrected chi connectivity index (χ0v) is 10.0. The summed E-state index contributed by atoms with van der Waals surface area (Å²) in [6, 6.07) is 0. The van der Waals surface area contributed by atoms with Gasteiger partial charge in [0, 0.05) is 12.8 Å². The first-order valence-corrected chi connectivity index (χ1v) is 5.98. The Morgan fingerprint density at radius 3 is 3.06 bits per heavy atom. The second-order valence-electron chi connectivity index (χ2n) is 5.38. The molecule has 94 valence electrons. The van der Waals surface area contributed by atoms with E-state index in [1.807, 2.05) is 6.92 Å². The Hall–Kier alpha value is -1.10. The number of cyclic esters (lactones) is 1. The van der Waals surface area contributed by atoms with Gasteiger partial charge in [-0.2, -0.15) is 0 Å². The third-order valence-corrected chi connectivity index (χ3v) is 4.67. The van der Waals surface area contributed by atoms with Crippen LogP contribution in [0.25, 0.3) is 0 Å². The summed E-state index contributed by atoms with van der Waals surface area (Å²) in [5, 5.41) is 0. The number of hydrogen-bond acceptors (Lipinski definition) is 5. The number of fused-ring (bicyclic) bond motifs is 5. The highest BCUT2D eigenvalue weighted by Crippen LogP contribution is 2.61. The van der Waals surface area contributed by atoms with Gasteiger partial charge >= 0.3 is 11.9 Å². The lowest BCUT2D eigenvalue weighted by Gasteiger charge is -2.38. The monoisotopic (exact) mass is 240 g/mol. The molecule has 3 heterocycles. The molecule has 0 radical (unpaired) electrons. The molecular weight excluding hydrogens is 224 g/mol. The van der Waals surface area contributed by atoms with Crippen LogP contribution in [0, 0.1) is 11.3 Å². The molecular formula is C12H16O5. The van der Waals surface area contributed by atoms with E-state index in [0.29, 0.717) is 6.61 Å². The number of carbonyl (C=O) groups excluding carboxylic acids is 2. The largest absolute Gasteiger partial charge is 0.465 e. The summed E-state index contributed by atoms with van der Waals surface area (Å²) in [6.45, 7) is 3.84. The minimum absolute atomic E-state index is 0.0713. The summed E-state index contributed by atoms with van der Waals surface area (Å²) in [4.78, 5) is 22.9. The molecule has 0 aliphatic carbocycles. The fourth-order valence-electron chi connectivity index (χ4n) is 3.56. The van der Waals surface area contributed by atoms with Gasteiger partial charge in [0.05, 0.1) is 12.7 Å². The highest BCUT2D eigenvalue weighted by atomic mass is 16.6. The number of hydrogen-bond donors (Lipinski definition) is 0. The van der Waals surface area contributed by atoms with E-state index < -0.39 is 11.0 Å². The van der Waals surface area contributed by atoms with Crippen LogP contribution in [0.15, 0.2) is 0 Å². The smallest absolute Gasteiger partial charge is 0.315 e. The van der Waals surface area contributed by atoms with Crippen molar-refractivity contribution in [2.24, 2.45) is 11.3 Å². The fourth-order valence-corrected chi connectivity index (χ4v) is 3.56. The van der Waals surface area contributed by atoms with E-state index in [4.69, 9.17) is 14.2 Å². The highest BCUT2D eigenvalue weighted by Gasteiger charge is 2.73. The highest BCUT2D eigenvalue weighted by molar-refractivity contribution is 5.81. The van der Waals surface area contributed by atoms with Crippen LogP contribution >= 0.6 is 0 Å². The average molecular weight is 240 g/mol. The minimum atomic E-state index is -0.665. The number of carbonyl (C=O) groups is 2. The molecule has 2 bridgehead atoms. The maximum atomic E-state index is 12.0. The van der Waals surface area contributed by atoms with Gasteiger partial charge in [-0.3, -0.25) is 9.59 Å². The lowest BCUT2D eigenvalue weighted by atomic mass is 9.62. The molecule has 0 amide bonds. The minimum Gasteiger partial charge on any atom is -0.465 e. The predicted octanol–water partition coefficient (Wildman–Crippen LogP) is 0.660. The van der Waals surface area contributed by atoms with Crippen LogP contribution in [0.5, 0.6) is 0 Å². The van der Waals surface area contributed by atoms with E-state index in [-0.39, 0.29) is 30.6 Å². The lowest BCUT2D eigenvalue weighted by Crippen LogP contribution is -2.52. The van der Waals surface area contributed by atoms with E-state index in [0.717, 1.165) is 12.8 Å². The quantitative estimate of drug-likeness (QED) is 0.663. The van der Waals surface area contributed by atoms with Crippen molar-refractivity contribution in [3.05, 3.63) is 0 Å². The van der Waals surface area contributed by atoms with E-state index in [9.17, 15) is 9.59 Å². The van der Waals surface area contributed by atoms with Crippen molar-refractivity contribution < 1.29 is 23.8 Å². The van der Waals surface area contributed by atoms with Crippen LogP contribution in [-0.4, -0.2) is 36.9 Å². The van der Waals surface area contributed by atoms with Gasteiger partial charge in [-0.05, 0) is 19.8 Å². The molecule has 0 spiro atoms. The lowest BCUT2D eigenvalue weighted by molar-refractivity contribution is -0.169. The van der Waals surface area contributed by atoms with Gasteiger partial charge in [0.15, 0.2) is 0 Å². The standard InChI is InChI=1S/C12H16O5/c1-7(13)16-6-12-4-3-9(17-12)8-5-15-10(14)11(8,12)2/h8-9H,3-6H2,1-2H3/t8-,9-,11+,12-/m1/s1.